The summed E-state index contributed by atoms with van der Waals surface area (Å²) in [6.07, 6.45) is 2.78. The average molecular weight is 453 g/mol. The Morgan fingerprint density at radius 3 is 2.67 bits per heavy atom. The fourth-order valence-electron chi connectivity index (χ4n) is 3.88. The SMILES string of the molecule is Cc1ccc(-c2cc(F)c([C@H](C)Cc3nccc(N4C(=O)OC[C@@H]4[C@@H](C)N)n3)cc2F)cn1. The Labute approximate surface area is 190 Å². The number of aryl methyl sites for hydroxylation is 1. The molecule has 1 aliphatic heterocycles. The van der Waals surface area contributed by atoms with Gasteiger partial charge >= 0.3 is 6.09 Å². The highest BCUT2D eigenvalue weighted by molar-refractivity contribution is 5.89. The third kappa shape index (κ3) is 4.68. The van der Waals surface area contributed by atoms with Gasteiger partial charge in [0.1, 0.15) is 29.9 Å². The molecule has 0 unspecified atom stereocenters. The standard InChI is InChI=1S/C24H25F2N5O2/c1-13(17-9-20(26)18(10-19(17)25)16-5-4-14(2)29-11-16)8-22-28-7-6-23(30-22)31-21(15(3)27)12-33-24(31)32/h4-7,9-11,13,15,21H,8,12,27H2,1-3H3/t13-,15-,21-/m1/s1. The number of ether oxygens (including phenoxy) is 1. The van der Waals surface area contributed by atoms with Gasteiger partial charge in [-0.15, -0.1) is 0 Å². The number of amides is 1. The van der Waals surface area contributed by atoms with Crippen molar-refractivity contribution in [3.05, 3.63) is 71.4 Å². The van der Waals surface area contributed by atoms with Gasteiger partial charge in [0, 0.05) is 41.7 Å². The van der Waals surface area contributed by atoms with Crippen molar-refractivity contribution in [1.82, 2.24) is 15.0 Å². The molecular weight excluding hydrogens is 428 g/mol. The van der Waals surface area contributed by atoms with Crippen LogP contribution in [0.25, 0.3) is 11.1 Å². The van der Waals surface area contributed by atoms with Crippen LogP contribution >= 0.6 is 0 Å². The molecule has 3 atom stereocenters. The van der Waals surface area contributed by atoms with Crippen molar-refractivity contribution in [2.24, 2.45) is 5.73 Å². The van der Waals surface area contributed by atoms with Crippen molar-refractivity contribution in [1.29, 1.82) is 0 Å². The molecule has 0 bridgehead atoms. The van der Waals surface area contributed by atoms with E-state index in [-0.39, 0.29) is 36.2 Å². The van der Waals surface area contributed by atoms with Gasteiger partial charge in [-0.25, -0.2) is 23.5 Å². The number of pyridine rings is 1. The molecule has 172 valence electrons. The van der Waals surface area contributed by atoms with Crippen LogP contribution in [0.1, 0.15) is 36.8 Å². The molecule has 4 rings (SSSR count). The lowest BCUT2D eigenvalue weighted by atomic mass is 9.94. The summed E-state index contributed by atoms with van der Waals surface area (Å²) in [4.78, 5) is 26.5. The van der Waals surface area contributed by atoms with Gasteiger partial charge in [-0.1, -0.05) is 13.0 Å². The van der Waals surface area contributed by atoms with Crippen molar-refractivity contribution in [3.8, 4) is 11.1 Å². The van der Waals surface area contributed by atoms with E-state index >= 15 is 0 Å². The number of nitrogens with zero attached hydrogens (tertiary/aromatic N) is 4. The summed E-state index contributed by atoms with van der Waals surface area (Å²) >= 11 is 0. The van der Waals surface area contributed by atoms with Crippen LogP contribution in [0.15, 0.2) is 42.7 Å². The lowest BCUT2D eigenvalue weighted by molar-refractivity contribution is 0.178. The molecule has 1 amide bonds. The van der Waals surface area contributed by atoms with Gasteiger partial charge in [-0.3, -0.25) is 9.88 Å². The third-order valence-corrected chi connectivity index (χ3v) is 5.78. The quantitative estimate of drug-likeness (QED) is 0.603. The smallest absolute Gasteiger partial charge is 0.415 e. The predicted octanol–water partition coefficient (Wildman–Crippen LogP) is 4.14. The zero-order valence-corrected chi connectivity index (χ0v) is 18.6. The number of rotatable bonds is 6. The van der Waals surface area contributed by atoms with Crippen LogP contribution in [-0.4, -0.2) is 39.7 Å². The van der Waals surface area contributed by atoms with Crippen LogP contribution in [0, 0.1) is 18.6 Å². The first-order valence-electron chi connectivity index (χ1n) is 10.7. The largest absolute Gasteiger partial charge is 0.447 e. The zero-order valence-electron chi connectivity index (χ0n) is 18.6. The van der Waals surface area contributed by atoms with Gasteiger partial charge in [-0.2, -0.15) is 0 Å². The van der Waals surface area contributed by atoms with Gasteiger partial charge in [0.05, 0.1) is 6.04 Å². The molecule has 1 fully saturated rings. The van der Waals surface area contributed by atoms with E-state index in [1.54, 1.807) is 32.0 Å². The molecule has 3 heterocycles. The highest BCUT2D eigenvalue weighted by Gasteiger charge is 2.37. The molecule has 33 heavy (non-hydrogen) atoms. The number of benzene rings is 1. The zero-order chi connectivity index (χ0) is 23.7. The van der Waals surface area contributed by atoms with Gasteiger partial charge < -0.3 is 10.5 Å². The van der Waals surface area contributed by atoms with E-state index in [1.165, 1.54) is 29.4 Å². The highest BCUT2D eigenvalue weighted by Crippen LogP contribution is 2.30. The topological polar surface area (TPSA) is 94.2 Å². The van der Waals surface area contributed by atoms with Crippen molar-refractivity contribution in [2.45, 2.75) is 45.2 Å². The Kier molecular flexibility index (Phi) is 6.33. The molecule has 7 nitrogen and oxygen atoms in total. The Morgan fingerprint density at radius 2 is 1.97 bits per heavy atom. The molecule has 0 radical (unpaired) electrons. The van der Waals surface area contributed by atoms with Crippen LogP contribution in [0.4, 0.5) is 19.4 Å². The molecule has 2 N–H and O–H groups in total. The average Bonchev–Trinajstić information content (AvgIpc) is 3.17. The first kappa shape index (κ1) is 22.7. The number of hydrogen-bond acceptors (Lipinski definition) is 6. The van der Waals surface area contributed by atoms with E-state index in [1.807, 2.05) is 6.92 Å². The third-order valence-electron chi connectivity index (χ3n) is 5.78. The van der Waals surface area contributed by atoms with Gasteiger partial charge in [0.2, 0.25) is 0 Å². The fraction of sp³-hybridized carbons (Fsp3) is 0.333. The number of nitrogens with two attached hydrogens (primary N) is 1. The second-order valence-electron chi connectivity index (χ2n) is 8.35. The van der Waals surface area contributed by atoms with E-state index in [4.69, 9.17) is 10.5 Å². The van der Waals surface area contributed by atoms with Crippen LogP contribution in [0.3, 0.4) is 0 Å². The summed E-state index contributed by atoms with van der Waals surface area (Å²) in [5.41, 5.74) is 7.66. The summed E-state index contributed by atoms with van der Waals surface area (Å²) in [5, 5.41) is 0. The molecule has 9 heteroatoms. The number of aromatic nitrogens is 3. The Balaban J connectivity index is 1.57. The van der Waals surface area contributed by atoms with Crippen LogP contribution in [0.2, 0.25) is 0 Å². The number of carbonyl (C=O) groups excluding carboxylic acids is 1. The lowest BCUT2D eigenvalue weighted by Gasteiger charge is -2.23. The van der Waals surface area contributed by atoms with Gasteiger partial charge in [-0.05, 0) is 49.6 Å². The van der Waals surface area contributed by atoms with Crippen LogP contribution in [0.5, 0.6) is 0 Å². The lowest BCUT2D eigenvalue weighted by Crippen LogP contribution is -2.45. The van der Waals surface area contributed by atoms with E-state index in [0.29, 0.717) is 17.2 Å². The van der Waals surface area contributed by atoms with Crippen molar-refractivity contribution >= 4 is 11.9 Å². The molecular formula is C24H25F2N5O2. The Bertz CT molecular complexity index is 1170. The van der Waals surface area contributed by atoms with E-state index in [0.717, 1.165) is 5.69 Å². The minimum absolute atomic E-state index is 0.156. The predicted molar refractivity (Wildman–Crippen MR) is 120 cm³/mol. The monoisotopic (exact) mass is 453 g/mol. The molecule has 0 spiro atoms. The van der Waals surface area contributed by atoms with E-state index < -0.39 is 23.6 Å². The summed E-state index contributed by atoms with van der Waals surface area (Å²) < 4.78 is 34.9. The van der Waals surface area contributed by atoms with Crippen LogP contribution in [-0.2, 0) is 11.2 Å². The Morgan fingerprint density at radius 1 is 1.18 bits per heavy atom. The first-order valence-corrected chi connectivity index (χ1v) is 10.7. The van der Waals surface area contributed by atoms with E-state index in [2.05, 4.69) is 15.0 Å². The second kappa shape index (κ2) is 9.19. The molecule has 2 aromatic heterocycles. The highest BCUT2D eigenvalue weighted by atomic mass is 19.1. The van der Waals surface area contributed by atoms with Gasteiger partial charge in [0.15, 0.2) is 0 Å². The molecule has 1 aromatic carbocycles. The van der Waals surface area contributed by atoms with Crippen molar-refractivity contribution in [2.75, 3.05) is 11.5 Å². The minimum Gasteiger partial charge on any atom is -0.447 e. The number of anilines is 1. The maximum Gasteiger partial charge on any atom is 0.415 e. The summed E-state index contributed by atoms with van der Waals surface area (Å²) in [7, 11) is 0. The summed E-state index contributed by atoms with van der Waals surface area (Å²) in [5.74, 6) is -0.691. The van der Waals surface area contributed by atoms with Gasteiger partial charge in [0.25, 0.3) is 0 Å². The van der Waals surface area contributed by atoms with Crippen LogP contribution < -0.4 is 10.6 Å². The maximum absolute atomic E-state index is 15.0. The number of cyclic esters (lactones) is 1. The Hall–Kier alpha value is -3.46. The first-order chi connectivity index (χ1) is 15.7. The fourth-order valence-corrected chi connectivity index (χ4v) is 3.88. The maximum atomic E-state index is 15.0. The second-order valence-corrected chi connectivity index (χ2v) is 8.35. The summed E-state index contributed by atoms with van der Waals surface area (Å²) in [6.45, 7) is 5.57. The minimum atomic E-state index is -0.529. The molecule has 3 aromatic rings. The molecule has 1 saturated heterocycles. The molecule has 0 saturated carbocycles. The summed E-state index contributed by atoms with van der Waals surface area (Å²) in [6, 6.07) is 6.81. The molecule has 1 aliphatic rings. The normalized spacial score (nSPS) is 17.7. The number of carbonyl (C=O) groups is 1. The molecule has 0 aliphatic carbocycles. The van der Waals surface area contributed by atoms with E-state index in [9.17, 15) is 13.6 Å². The number of halogens is 2. The van der Waals surface area contributed by atoms with Crippen molar-refractivity contribution < 1.29 is 18.3 Å². The number of hydrogen-bond donors (Lipinski definition) is 1. The van der Waals surface area contributed by atoms with Crippen molar-refractivity contribution in [3.63, 3.8) is 0 Å².